The molecule has 13 amide bonds. The highest BCUT2D eigenvalue weighted by atomic mass is 16.5. The van der Waals surface area contributed by atoms with Gasteiger partial charge in [0.05, 0.1) is 0 Å². The number of methoxy groups -OCH3 is 1. The smallest absolute Gasteiger partial charge is 0.329 e. The number of likely N-dealkylation sites (N-methyl/N-ethyl adjacent to an activating group) is 5. The minimum absolute atomic E-state index is 0.0608. The first-order chi connectivity index (χ1) is 45.5. The molecule has 560 valence electrons. The number of carbonyl (C=O) groups excluding carboxylic acids is 14. The van der Waals surface area contributed by atoms with Gasteiger partial charge in [0.1, 0.15) is 73.1 Å². The van der Waals surface area contributed by atoms with Crippen LogP contribution >= 0.6 is 0 Å². The van der Waals surface area contributed by atoms with Crippen LogP contribution in [-0.2, 0) is 76.6 Å². The maximum atomic E-state index is 14.8. The van der Waals surface area contributed by atoms with E-state index in [0.717, 1.165) is 4.90 Å². The lowest BCUT2D eigenvalue weighted by Gasteiger charge is -2.37. The summed E-state index contributed by atoms with van der Waals surface area (Å²) in [5, 5.41) is 21.8. The molecule has 29 heteroatoms. The first-order valence-corrected chi connectivity index (χ1v) is 34.9. The second-order valence-corrected chi connectivity index (χ2v) is 28.7. The van der Waals surface area contributed by atoms with E-state index in [1.54, 1.807) is 62.3 Å². The van der Waals surface area contributed by atoms with E-state index < -0.39 is 185 Å². The van der Waals surface area contributed by atoms with E-state index in [0.29, 0.717) is 12.8 Å². The molecule has 13 atom stereocenters. The first-order valence-electron chi connectivity index (χ1n) is 34.9. The van der Waals surface area contributed by atoms with Gasteiger partial charge in [-0.05, 0) is 80.5 Å². The minimum Gasteiger partial charge on any atom is -0.458 e. The van der Waals surface area contributed by atoms with Crippen molar-refractivity contribution in [2.75, 3.05) is 68.6 Å². The molecule has 98 heavy (non-hydrogen) atoms. The van der Waals surface area contributed by atoms with Crippen molar-refractivity contribution < 1.29 is 76.6 Å². The number of nitrogens with zero attached hydrogens (tertiary/aromatic N) is 5. The molecule has 0 unspecified atom stereocenters. The molecule has 0 bridgehead atoms. The van der Waals surface area contributed by atoms with Gasteiger partial charge in [-0.2, -0.15) is 0 Å². The predicted molar refractivity (Wildman–Crippen MR) is 370 cm³/mol. The summed E-state index contributed by atoms with van der Waals surface area (Å²) in [4.78, 5) is 204. The Morgan fingerprint density at radius 2 is 1.00 bits per heavy atom. The zero-order valence-corrected chi connectivity index (χ0v) is 63.2. The Balaban J connectivity index is 4.16. The largest absolute Gasteiger partial charge is 0.458 e. The van der Waals surface area contributed by atoms with Crippen molar-refractivity contribution in [3.8, 4) is 0 Å². The topological polar surface area (TPSA) is 370 Å². The predicted octanol–water partition coefficient (Wildman–Crippen LogP) is 1.87. The Morgan fingerprint density at radius 3 is 1.43 bits per heavy atom. The Morgan fingerprint density at radius 1 is 0.561 bits per heavy atom. The number of esters is 1. The van der Waals surface area contributed by atoms with Crippen LogP contribution in [0, 0.1) is 47.3 Å². The fourth-order valence-electron chi connectivity index (χ4n) is 11.7. The van der Waals surface area contributed by atoms with Crippen LogP contribution in [0.4, 0.5) is 0 Å². The van der Waals surface area contributed by atoms with E-state index in [-0.39, 0.29) is 76.1 Å². The second-order valence-electron chi connectivity index (χ2n) is 28.7. The van der Waals surface area contributed by atoms with E-state index >= 15 is 0 Å². The highest BCUT2D eigenvalue weighted by Crippen LogP contribution is 2.23. The molecule has 1 aliphatic rings. The van der Waals surface area contributed by atoms with Gasteiger partial charge in [0, 0.05) is 81.2 Å². The third-order valence-corrected chi connectivity index (χ3v) is 17.9. The maximum Gasteiger partial charge on any atom is 0.329 e. The third-order valence-electron chi connectivity index (χ3n) is 17.9. The van der Waals surface area contributed by atoms with Gasteiger partial charge < -0.3 is 76.5 Å². The Kier molecular flexibility index (Phi) is 38.4. The number of ether oxygens (including phenoxy) is 2. The van der Waals surface area contributed by atoms with Gasteiger partial charge in [-0.1, -0.05) is 124 Å². The summed E-state index contributed by atoms with van der Waals surface area (Å²) in [7, 11) is 8.38. The number of hydrogen-bond donors (Lipinski definition) is 8. The SMILES string of the molecule is CC[C@H](C)[C@H]1C(=O)NCCC(=O)N[C@H](C(C)C)C(=O)N(C)[C@@H](C(C)C)C(=O)N(C)[C@@H](C)C(=O)NCCC(=O)N[C@H](CC(C)C)C(=O)N(C)[C@H]([C@@H](C)CC)C(=O)O[C@H](C)[C@H](NC(=O)[C@@H](CC(C)C)N(C)C(=O)[C@@H](NC(=O)COC)C(C)C)C(=O)NCCC(=O)N[C@H](CC(C)C)C(=O)N1C. The van der Waals surface area contributed by atoms with E-state index in [2.05, 4.69) is 42.5 Å². The van der Waals surface area contributed by atoms with Crippen LogP contribution in [-0.4, -0.2) is 242 Å². The molecule has 0 saturated carbocycles. The summed E-state index contributed by atoms with van der Waals surface area (Å²) in [6, 6.07) is -12.2. The molecule has 0 aromatic heterocycles. The van der Waals surface area contributed by atoms with Gasteiger partial charge in [0.2, 0.25) is 76.8 Å². The zero-order chi connectivity index (χ0) is 75.5. The van der Waals surface area contributed by atoms with Crippen LogP contribution in [0.25, 0.3) is 0 Å². The fraction of sp³-hybridized carbons (Fsp3) is 0.797. The molecule has 8 N–H and O–H groups in total. The number of amides is 13. The summed E-state index contributed by atoms with van der Waals surface area (Å²) in [5.41, 5.74) is 0. The van der Waals surface area contributed by atoms with Gasteiger partial charge in [0.25, 0.3) is 0 Å². The lowest BCUT2D eigenvalue weighted by atomic mass is 9.95. The molecule has 0 aromatic carbocycles. The molecule has 1 saturated heterocycles. The Labute approximate surface area is 582 Å². The van der Waals surface area contributed by atoms with Crippen molar-refractivity contribution in [3.05, 3.63) is 0 Å². The van der Waals surface area contributed by atoms with Gasteiger partial charge >= 0.3 is 5.97 Å². The molecule has 0 aliphatic carbocycles. The molecule has 0 radical (unpaired) electrons. The maximum absolute atomic E-state index is 14.8. The van der Waals surface area contributed by atoms with Crippen molar-refractivity contribution in [2.45, 2.75) is 243 Å². The molecule has 29 nitrogen and oxygen atoms in total. The minimum atomic E-state index is -1.73. The van der Waals surface area contributed by atoms with E-state index in [4.69, 9.17) is 9.47 Å². The Hall–Kier alpha value is -7.46. The molecule has 1 aliphatic heterocycles. The van der Waals surface area contributed by atoms with E-state index in [9.17, 15) is 67.1 Å². The zero-order valence-electron chi connectivity index (χ0n) is 63.2. The summed E-state index contributed by atoms with van der Waals surface area (Å²) >= 11 is 0. The first kappa shape index (κ1) is 88.6. The van der Waals surface area contributed by atoms with Crippen LogP contribution < -0.4 is 42.5 Å². The molecular weight excluding hydrogens is 1270 g/mol. The van der Waals surface area contributed by atoms with Crippen LogP contribution in [0.1, 0.15) is 176 Å². The average molecular weight is 1390 g/mol. The van der Waals surface area contributed by atoms with Gasteiger partial charge in [-0.25, -0.2) is 4.79 Å². The average Bonchev–Trinajstić information content (AvgIpc) is 0.840. The number of hydrogen-bond acceptors (Lipinski definition) is 16. The monoisotopic (exact) mass is 1390 g/mol. The summed E-state index contributed by atoms with van der Waals surface area (Å²) in [6.07, 6.45) is -1.45. The number of nitrogens with one attached hydrogen (secondary N) is 8. The summed E-state index contributed by atoms with van der Waals surface area (Å²) in [6.45, 7) is 30.1. The van der Waals surface area contributed by atoms with Crippen molar-refractivity contribution in [2.24, 2.45) is 47.3 Å². The highest BCUT2D eigenvalue weighted by molar-refractivity contribution is 5.97. The highest BCUT2D eigenvalue weighted by Gasteiger charge is 2.43. The van der Waals surface area contributed by atoms with E-state index in [1.165, 1.54) is 75.8 Å². The van der Waals surface area contributed by atoms with Gasteiger partial charge in [-0.3, -0.25) is 62.3 Å². The standard InChI is InChI=1S/C69H123N13O16/c1-25-43(15)58-63(90)72-32-29-52(85)75-55(41(11)12)67(94)80(21)57(42(13)14)68(95)78(19)45(17)60(87)70-30-27-50(83)74-48(34-38(5)6)65(92)82(23)59(44(16)26-2)69(96)98-46(18)56(62(89)71-31-28-51(84)73-47(33-37(3)4)64(91)81(58)22)77-61(88)49(35-39(7)8)79(20)66(93)54(40(9)10)76-53(86)36-97-24/h37-49,54-59H,25-36H2,1-24H3,(H,70,87)(H,71,89)(H,72,90)(H,73,84)(H,74,83)(H,75,85)(H,76,86)(H,77,88)/t43-,44-,45-,46+,47+,48+,49+,54-,55+,56-,57-,58-,59+/m0/s1. The number of carbonyl (C=O) groups is 14. The van der Waals surface area contributed by atoms with Crippen LogP contribution in [0.15, 0.2) is 0 Å². The van der Waals surface area contributed by atoms with Crippen molar-refractivity contribution in [1.82, 2.24) is 67.0 Å². The summed E-state index contributed by atoms with van der Waals surface area (Å²) < 4.78 is 11.1. The Bertz CT molecular complexity index is 2710. The van der Waals surface area contributed by atoms with Gasteiger partial charge in [0.15, 0.2) is 0 Å². The van der Waals surface area contributed by atoms with Crippen LogP contribution in [0.5, 0.6) is 0 Å². The van der Waals surface area contributed by atoms with E-state index in [1.807, 2.05) is 48.5 Å². The lowest BCUT2D eigenvalue weighted by Crippen LogP contribution is -2.61. The molecular formula is C69H123N13O16. The molecule has 1 rings (SSSR count). The fourth-order valence-corrected chi connectivity index (χ4v) is 11.7. The number of cyclic esters (lactones) is 1. The normalized spacial score (nSPS) is 24.7. The molecule has 0 spiro atoms. The quantitative estimate of drug-likeness (QED) is 0.0807. The van der Waals surface area contributed by atoms with Crippen molar-refractivity contribution in [1.29, 1.82) is 0 Å². The molecule has 0 aromatic rings. The molecule has 1 fully saturated rings. The van der Waals surface area contributed by atoms with Crippen molar-refractivity contribution >= 4 is 82.8 Å². The van der Waals surface area contributed by atoms with Crippen LogP contribution in [0.3, 0.4) is 0 Å². The molecule has 1 heterocycles. The third kappa shape index (κ3) is 27.3. The number of rotatable bonds is 20. The van der Waals surface area contributed by atoms with Gasteiger partial charge in [-0.15, -0.1) is 0 Å². The summed E-state index contributed by atoms with van der Waals surface area (Å²) in [5.74, 6) is -12.5. The lowest BCUT2D eigenvalue weighted by molar-refractivity contribution is -0.163. The van der Waals surface area contributed by atoms with Crippen LogP contribution in [0.2, 0.25) is 0 Å². The van der Waals surface area contributed by atoms with Crippen molar-refractivity contribution in [3.63, 3.8) is 0 Å². The second kappa shape index (κ2) is 42.5.